The second-order valence-corrected chi connectivity index (χ2v) is 7.78. The van der Waals surface area contributed by atoms with E-state index in [-0.39, 0.29) is 5.41 Å². The number of hydrogen-bond donors (Lipinski definition) is 1. The summed E-state index contributed by atoms with van der Waals surface area (Å²) in [7, 11) is 1.43. The van der Waals surface area contributed by atoms with Gasteiger partial charge in [0.05, 0.1) is 23.0 Å². The van der Waals surface area contributed by atoms with Crippen LogP contribution in [0.3, 0.4) is 0 Å². The van der Waals surface area contributed by atoms with Crippen LogP contribution >= 0.6 is 30.1 Å². The molecule has 0 radical (unpaired) electrons. The molecule has 0 amide bonds. The van der Waals surface area contributed by atoms with Crippen LogP contribution in [0.2, 0.25) is 0 Å². The molecule has 0 bridgehead atoms. The van der Waals surface area contributed by atoms with Crippen LogP contribution < -0.4 is 0 Å². The van der Waals surface area contributed by atoms with E-state index in [1.54, 1.807) is 4.68 Å². The molecule has 3 rings (SSSR count). The quantitative estimate of drug-likeness (QED) is 0.353. The first-order valence-corrected chi connectivity index (χ1v) is 10.3. The second-order valence-electron chi connectivity index (χ2n) is 6.10. The maximum Gasteiger partial charge on any atom is 0.265 e. The van der Waals surface area contributed by atoms with Crippen molar-refractivity contribution >= 4 is 41.2 Å². The molecular formula is C16H15IN4OS. The molecule has 0 spiro atoms. The van der Waals surface area contributed by atoms with Crippen molar-refractivity contribution in [1.82, 2.24) is 19.5 Å². The number of hydrogen-bond acceptors (Lipinski definition) is 4. The van der Waals surface area contributed by atoms with Gasteiger partial charge in [-0.2, -0.15) is 5.10 Å². The van der Waals surface area contributed by atoms with Crippen molar-refractivity contribution in [2.75, 3.05) is 0 Å². The van der Waals surface area contributed by atoms with E-state index in [0.29, 0.717) is 17.0 Å². The Morgan fingerprint density at radius 2 is 2.00 bits per heavy atom. The molecule has 1 aromatic carbocycles. The van der Waals surface area contributed by atoms with Crippen molar-refractivity contribution in [3.05, 3.63) is 41.7 Å². The zero-order valence-electron chi connectivity index (χ0n) is 12.9. The van der Waals surface area contributed by atoms with Crippen molar-refractivity contribution < 1.29 is 5.21 Å². The number of fused-ring (bicyclic) bond motifs is 1. The zero-order valence-corrected chi connectivity index (χ0v) is 15.9. The average Bonchev–Trinajstić information content (AvgIpc) is 3.07. The highest BCUT2D eigenvalue weighted by Gasteiger charge is 2.23. The number of benzene rings is 1. The number of imidazole rings is 1. The largest absolute Gasteiger partial charge is 0.425 e. The molecule has 3 aromatic rings. The van der Waals surface area contributed by atoms with E-state index < -0.39 is 0 Å². The summed E-state index contributed by atoms with van der Waals surface area (Å²) in [5.74, 6) is 3.47. The highest BCUT2D eigenvalue weighted by atomic mass is 127. The van der Waals surface area contributed by atoms with Gasteiger partial charge < -0.3 is 5.21 Å². The molecule has 0 aliphatic carbocycles. The van der Waals surface area contributed by atoms with Gasteiger partial charge in [-0.05, 0) is 26.3 Å². The van der Waals surface area contributed by atoms with Gasteiger partial charge in [0.15, 0.2) is 0 Å². The molecule has 1 N–H and O–H groups in total. The van der Waals surface area contributed by atoms with Crippen molar-refractivity contribution in [3.63, 3.8) is 0 Å². The summed E-state index contributed by atoms with van der Waals surface area (Å²) < 4.78 is 2.64. The number of rotatable bonds is 1. The molecule has 5 nitrogen and oxygen atoms in total. The lowest BCUT2D eigenvalue weighted by molar-refractivity contribution is 0.194. The van der Waals surface area contributed by atoms with Crippen molar-refractivity contribution in [1.29, 1.82) is 0 Å². The van der Waals surface area contributed by atoms with Crippen LogP contribution in [-0.4, -0.2) is 24.7 Å². The molecule has 2 heterocycles. The minimum absolute atomic E-state index is 0.155. The number of nitrogens with zero attached hydrogens (tertiary/aromatic N) is 4. The van der Waals surface area contributed by atoms with Crippen LogP contribution in [0, 0.1) is 11.2 Å². The van der Waals surface area contributed by atoms with Crippen LogP contribution in [0.15, 0.2) is 30.5 Å². The Hall–Kier alpha value is -1.66. The number of halogens is 1. The lowest BCUT2D eigenvalue weighted by Crippen LogP contribution is -2.14. The van der Waals surface area contributed by atoms with E-state index in [2.05, 4.69) is 63.2 Å². The Bertz CT molecular complexity index is 927. The first-order valence-electron chi connectivity index (χ1n) is 6.97. The van der Waals surface area contributed by atoms with Crippen LogP contribution in [0.5, 0.6) is 0 Å². The zero-order chi connectivity index (χ0) is 16.6. The van der Waals surface area contributed by atoms with Crippen LogP contribution in [-0.2, 0) is 5.41 Å². The Balaban J connectivity index is 2.19. The van der Waals surface area contributed by atoms with Crippen LogP contribution in [0.1, 0.15) is 32.0 Å². The lowest BCUT2D eigenvalue weighted by Gasteiger charge is -2.15. The fourth-order valence-corrected chi connectivity index (χ4v) is 2.82. The normalized spacial score (nSPS) is 11.5. The molecule has 0 fully saturated rings. The average molecular weight is 438 g/mol. The van der Waals surface area contributed by atoms with Crippen molar-refractivity contribution in [2.24, 2.45) is 0 Å². The maximum atomic E-state index is 10.4. The number of aromatic nitrogens is 4. The van der Waals surface area contributed by atoms with Crippen LogP contribution in [0.25, 0.3) is 17.0 Å². The number of para-hydroxylation sites is 2. The van der Waals surface area contributed by atoms with Gasteiger partial charge in [-0.25, -0.2) is 9.67 Å². The Morgan fingerprint density at radius 1 is 1.26 bits per heavy atom. The third-order valence-electron chi connectivity index (χ3n) is 3.37. The molecular weight excluding hydrogens is 423 g/mol. The molecule has 0 aliphatic heterocycles. The maximum absolute atomic E-state index is 10.4. The van der Waals surface area contributed by atoms with E-state index in [1.807, 2.05) is 30.5 Å². The van der Waals surface area contributed by atoms with Crippen molar-refractivity contribution in [2.45, 2.75) is 26.2 Å². The molecule has 0 saturated heterocycles. The predicted molar refractivity (Wildman–Crippen MR) is 101 cm³/mol. The molecule has 2 aromatic heterocycles. The molecule has 0 aliphatic rings. The third kappa shape index (κ3) is 3.05. The van der Waals surface area contributed by atoms with Gasteiger partial charge in [0.2, 0.25) is 0 Å². The van der Waals surface area contributed by atoms with E-state index >= 15 is 0 Å². The highest BCUT2D eigenvalue weighted by molar-refractivity contribution is 14.2. The molecule has 0 unspecified atom stereocenters. The van der Waals surface area contributed by atoms with E-state index in [9.17, 15) is 5.21 Å². The molecule has 0 saturated carbocycles. The Labute approximate surface area is 150 Å². The lowest BCUT2D eigenvalue weighted by atomic mass is 9.90. The SMILES string of the molecule is CC(C)(C)c1nn(-c2nc3ccccc3n2O)cc1C#CSI. The van der Waals surface area contributed by atoms with Gasteiger partial charge in [-0.15, -0.1) is 4.73 Å². The minimum atomic E-state index is -0.155. The van der Waals surface area contributed by atoms with Crippen LogP contribution in [0.4, 0.5) is 0 Å². The topological polar surface area (TPSA) is 55.9 Å². The summed E-state index contributed by atoms with van der Waals surface area (Å²) in [5, 5.41) is 18.0. The molecule has 23 heavy (non-hydrogen) atoms. The molecule has 118 valence electrons. The monoisotopic (exact) mass is 438 g/mol. The first kappa shape index (κ1) is 16.2. The van der Waals surface area contributed by atoms with E-state index in [4.69, 9.17) is 0 Å². The molecule has 7 heteroatoms. The van der Waals surface area contributed by atoms with Gasteiger partial charge in [-0.1, -0.05) is 38.8 Å². The van der Waals surface area contributed by atoms with Gasteiger partial charge in [0.25, 0.3) is 5.95 Å². The Morgan fingerprint density at radius 3 is 2.65 bits per heavy atom. The highest BCUT2D eigenvalue weighted by Crippen LogP contribution is 2.26. The smallest absolute Gasteiger partial charge is 0.265 e. The summed E-state index contributed by atoms with van der Waals surface area (Å²) in [4.78, 5) is 4.46. The van der Waals surface area contributed by atoms with Gasteiger partial charge in [-0.3, -0.25) is 0 Å². The van der Waals surface area contributed by atoms with Gasteiger partial charge in [0, 0.05) is 26.6 Å². The minimum Gasteiger partial charge on any atom is -0.425 e. The van der Waals surface area contributed by atoms with E-state index in [0.717, 1.165) is 16.0 Å². The predicted octanol–water partition coefficient (Wildman–Crippen LogP) is 4.15. The summed E-state index contributed by atoms with van der Waals surface area (Å²) in [6.07, 6.45) is 1.81. The fourth-order valence-electron chi connectivity index (χ4n) is 2.35. The second kappa shape index (κ2) is 6.09. The molecule has 0 atom stereocenters. The standard InChI is InChI=1S/C16H15IN4OS/c1-16(2,3)14-11(8-9-23-17)10-20(19-14)15-18-12-6-4-5-7-13(12)21(15)22/h4-7,10,22H,1-3H3. The summed E-state index contributed by atoms with van der Waals surface area (Å²) in [6, 6.07) is 7.41. The summed E-state index contributed by atoms with van der Waals surface area (Å²) in [6.45, 7) is 6.26. The summed E-state index contributed by atoms with van der Waals surface area (Å²) in [5.41, 5.74) is 2.92. The Kier molecular flexibility index (Phi) is 4.29. The van der Waals surface area contributed by atoms with E-state index in [1.165, 1.54) is 8.93 Å². The van der Waals surface area contributed by atoms with Gasteiger partial charge >= 0.3 is 0 Å². The summed E-state index contributed by atoms with van der Waals surface area (Å²) >= 11 is 2.14. The fraction of sp³-hybridized carbons (Fsp3) is 0.250. The first-order chi connectivity index (χ1) is 10.9. The van der Waals surface area contributed by atoms with Gasteiger partial charge in [0.1, 0.15) is 5.52 Å². The van der Waals surface area contributed by atoms with Crippen molar-refractivity contribution in [3.8, 4) is 17.1 Å². The third-order valence-corrected chi connectivity index (χ3v) is 4.21.